The zero-order valence-electron chi connectivity index (χ0n) is 9.16. The standard InChI is InChI=1S/C9H17NO6/c1-4(12)10-6-8(15-2)7(13)5(3-11)16-9(6)14/h5-9,11,13-14H,3H2,1-2H3,(H,10,12)/t5-,6+,7+,8-,9+/m0/s1. The van der Waals surface area contributed by atoms with Gasteiger partial charge in [0.15, 0.2) is 6.29 Å². The number of hydrogen-bond donors (Lipinski definition) is 4. The lowest BCUT2D eigenvalue weighted by atomic mass is 9.97. The molecule has 4 N–H and O–H groups in total. The van der Waals surface area contributed by atoms with Gasteiger partial charge in [0.05, 0.1) is 6.61 Å². The first-order chi connectivity index (χ1) is 7.51. The predicted octanol–water partition coefficient (Wildman–Crippen LogP) is -2.42. The van der Waals surface area contributed by atoms with Gasteiger partial charge in [-0.2, -0.15) is 0 Å². The van der Waals surface area contributed by atoms with E-state index in [0.29, 0.717) is 0 Å². The Labute approximate surface area is 93.0 Å². The molecule has 1 saturated heterocycles. The summed E-state index contributed by atoms with van der Waals surface area (Å²) in [5, 5.41) is 30.7. The zero-order chi connectivity index (χ0) is 12.3. The molecule has 1 fully saturated rings. The molecule has 5 atom stereocenters. The highest BCUT2D eigenvalue weighted by Gasteiger charge is 2.45. The normalized spacial score (nSPS) is 39.4. The lowest BCUT2D eigenvalue weighted by Gasteiger charge is -2.41. The minimum Gasteiger partial charge on any atom is -0.394 e. The average Bonchev–Trinajstić information content (AvgIpc) is 2.23. The smallest absolute Gasteiger partial charge is 0.217 e. The summed E-state index contributed by atoms with van der Waals surface area (Å²) in [7, 11) is 1.34. The first kappa shape index (κ1) is 13.3. The summed E-state index contributed by atoms with van der Waals surface area (Å²) >= 11 is 0. The number of carbonyl (C=O) groups is 1. The van der Waals surface area contributed by atoms with Crippen molar-refractivity contribution in [2.75, 3.05) is 13.7 Å². The zero-order valence-corrected chi connectivity index (χ0v) is 9.16. The van der Waals surface area contributed by atoms with E-state index in [4.69, 9.17) is 14.6 Å². The summed E-state index contributed by atoms with van der Waals surface area (Å²) < 4.78 is 9.96. The van der Waals surface area contributed by atoms with Crippen LogP contribution in [-0.2, 0) is 14.3 Å². The molecule has 7 nitrogen and oxygen atoms in total. The van der Waals surface area contributed by atoms with Gasteiger partial charge in [0.2, 0.25) is 5.91 Å². The van der Waals surface area contributed by atoms with Crippen molar-refractivity contribution < 1.29 is 29.6 Å². The Bertz CT molecular complexity index is 248. The fourth-order valence-corrected chi connectivity index (χ4v) is 1.76. The van der Waals surface area contributed by atoms with Crippen LogP contribution in [-0.4, -0.2) is 65.6 Å². The lowest BCUT2D eigenvalue weighted by Crippen LogP contribution is -2.64. The van der Waals surface area contributed by atoms with Crippen molar-refractivity contribution in [3.05, 3.63) is 0 Å². The van der Waals surface area contributed by atoms with Crippen molar-refractivity contribution in [2.24, 2.45) is 0 Å². The fourth-order valence-electron chi connectivity index (χ4n) is 1.76. The van der Waals surface area contributed by atoms with Gasteiger partial charge >= 0.3 is 0 Å². The van der Waals surface area contributed by atoms with Crippen molar-refractivity contribution in [2.45, 2.75) is 37.6 Å². The van der Waals surface area contributed by atoms with E-state index >= 15 is 0 Å². The first-order valence-corrected chi connectivity index (χ1v) is 4.93. The summed E-state index contributed by atoms with van der Waals surface area (Å²) in [6, 6.07) is -0.861. The number of carbonyl (C=O) groups excluding carboxylic acids is 1. The van der Waals surface area contributed by atoms with E-state index in [0.717, 1.165) is 0 Å². The number of amides is 1. The molecular weight excluding hydrogens is 218 g/mol. The molecule has 0 radical (unpaired) electrons. The largest absolute Gasteiger partial charge is 0.394 e. The van der Waals surface area contributed by atoms with E-state index in [9.17, 15) is 15.0 Å². The first-order valence-electron chi connectivity index (χ1n) is 4.93. The van der Waals surface area contributed by atoms with Crippen molar-refractivity contribution in [3.63, 3.8) is 0 Å². The second-order valence-corrected chi connectivity index (χ2v) is 3.66. The molecule has 16 heavy (non-hydrogen) atoms. The van der Waals surface area contributed by atoms with Crippen LogP contribution in [0.5, 0.6) is 0 Å². The van der Waals surface area contributed by atoms with Gasteiger partial charge in [0, 0.05) is 14.0 Å². The molecule has 1 amide bonds. The molecule has 1 rings (SSSR count). The molecule has 0 aromatic heterocycles. The van der Waals surface area contributed by atoms with E-state index in [1.54, 1.807) is 0 Å². The summed E-state index contributed by atoms with van der Waals surface area (Å²) in [5.41, 5.74) is 0. The molecule has 0 bridgehead atoms. The fraction of sp³-hybridized carbons (Fsp3) is 0.889. The van der Waals surface area contributed by atoms with Crippen molar-refractivity contribution in [3.8, 4) is 0 Å². The van der Waals surface area contributed by atoms with E-state index in [2.05, 4.69) is 5.32 Å². The van der Waals surface area contributed by atoms with Crippen LogP contribution in [0.1, 0.15) is 6.92 Å². The molecule has 0 saturated carbocycles. The van der Waals surface area contributed by atoms with Gasteiger partial charge in [0.25, 0.3) is 0 Å². The number of aliphatic hydroxyl groups is 3. The maximum atomic E-state index is 10.9. The van der Waals surface area contributed by atoms with Gasteiger partial charge in [-0.25, -0.2) is 0 Å². The van der Waals surface area contributed by atoms with Crippen LogP contribution in [0.2, 0.25) is 0 Å². The third-order valence-corrected chi connectivity index (χ3v) is 2.51. The summed E-state index contributed by atoms with van der Waals surface area (Å²) in [6.45, 7) is 0.842. The summed E-state index contributed by atoms with van der Waals surface area (Å²) in [5.74, 6) is -0.371. The van der Waals surface area contributed by atoms with E-state index in [1.807, 2.05) is 0 Å². The molecule has 1 aliphatic rings. The quantitative estimate of drug-likeness (QED) is 0.433. The highest BCUT2D eigenvalue weighted by atomic mass is 16.6. The van der Waals surface area contributed by atoms with E-state index in [-0.39, 0.29) is 5.91 Å². The maximum absolute atomic E-state index is 10.9. The van der Waals surface area contributed by atoms with Crippen LogP contribution < -0.4 is 5.32 Å². The second-order valence-electron chi connectivity index (χ2n) is 3.66. The molecule has 94 valence electrons. The van der Waals surface area contributed by atoms with Gasteiger partial charge in [-0.1, -0.05) is 0 Å². The maximum Gasteiger partial charge on any atom is 0.217 e. The van der Waals surface area contributed by atoms with Gasteiger partial charge < -0.3 is 30.1 Å². The lowest BCUT2D eigenvalue weighted by molar-refractivity contribution is -0.258. The minimum atomic E-state index is -1.32. The Kier molecular flexibility index (Phi) is 4.63. The molecule has 0 unspecified atom stereocenters. The minimum absolute atomic E-state index is 0.371. The average molecular weight is 235 g/mol. The van der Waals surface area contributed by atoms with Gasteiger partial charge in [-0.05, 0) is 0 Å². The van der Waals surface area contributed by atoms with E-state index in [1.165, 1.54) is 14.0 Å². The molecule has 7 heteroatoms. The predicted molar refractivity (Wildman–Crippen MR) is 52.4 cm³/mol. The molecule has 0 aliphatic carbocycles. The third-order valence-electron chi connectivity index (χ3n) is 2.51. The highest BCUT2D eigenvalue weighted by molar-refractivity contribution is 5.73. The van der Waals surface area contributed by atoms with Crippen LogP contribution in [0.15, 0.2) is 0 Å². The van der Waals surface area contributed by atoms with Crippen molar-refractivity contribution >= 4 is 5.91 Å². The summed E-state index contributed by atoms with van der Waals surface area (Å²) in [4.78, 5) is 10.9. The monoisotopic (exact) mass is 235 g/mol. The Morgan fingerprint density at radius 2 is 2.12 bits per heavy atom. The number of hydrogen-bond acceptors (Lipinski definition) is 6. The number of aliphatic hydroxyl groups excluding tert-OH is 3. The van der Waals surface area contributed by atoms with E-state index < -0.39 is 37.3 Å². The number of nitrogens with one attached hydrogen (secondary N) is 1. The number of methoxy groups -OCH3 is 1. The SMILES string of the molecule is CO[C@@H]1[C@H](O)[C@H](CO)O[C@@H](O)[C@@H]1NC(C)=O. The van der Waals surface area contributed by atoms with Crippen LogP contribution in [0.3, 0.4) is 0 Å². The molecule has 0 aromatic rings. The Morgan fingerprint density at radius 1 is 1.50 bits per heavy atom. The third kappa shape index (κ3) is 2.69. The van der Waals surface area contributed by atoms with Gasteiger partial charge in [-0.15, -0.1) is 0 Å². The molecule has 1 heterocycles. The van der Waals surface area contributed by atoms with Crippen LogP contribution in [0.4, 0.5) is 0 Å². The number of ether oxygens (including phenoxy) is 2. The molecule has 0 aromatic carbocycles. The second kappa shape index (κ2) is 5.55. The van der Waals surface area contributed by atoms with Crippen LogP contribution in [0.25, 0.3) is 0 Å². The van der Waals surface area contributed by atoms with Crippen LogP contribution >= 0.6 is 0 Å². The van der Waals surface area contributed by atoms with Crippen LogP contribution in [0, 0.1) is 0 Å². The molecule has 1 aliphatic heterocycles. The molecule has 0 spiro atoms. The Hall–Kier alpha value is -0.730. The summed E-state index contributed by atoms with van der Waals surface area (Å²) in [6.07, 6.45) is -4.19. The number of rotatable bonds is 3. The Morgan fingerprint density at radius 3 is 2.56 bits per heavy atom. The Balaban J connectivity index is 2.78. The molecular formula is C9H17NO6. The van der Waals surface area contributed by atoms with Crippen molar-refractivity contribution in [1.82, 2.24) is 5.32 Å². The topological polar surface area (TPSA) is 108 Å². The highest BCUT2D eigenvalue weighted by Crippen LogP contribution is 2.21. The van der Waals surface area contributed by atoms with Gasteiger partial charge in [-0.3, -0.25) is 4.79 Å². The van der Waals surface area contributed by atoms with Crippen molar-refractivity contribution in [1.29, 1.82) is 0 Å². The van der Waals surface area contributed by atoms with Gasteiger partial charge in [0.1, 0.15) is 24.4 Å².